The standard InChI is InChI=1S/C17H18ClN3O6S2/c1-10-5-13(18)8-12(17(10)20-28(2,24)25)6-11-3-4-14(15(22)7-11)21-9-16(23)19-29(21,26)27/h3-5,7-8,20,22H,6,9H2,1-2H3,(H,19,23). The third-order valence-electron chi connectivity index (χ3n) is 4.19. The van der Waals surface area contributed by atoms with E-state index in [0.29, 0.717) is 27.4 Å². The number of sulfonamides is 1. The molecule has 2 aromatic carbocycles. The van der Waals surface area contributed by atoms with Crippen molar-refractivity contribution in [2.75, 3.05) is 21.8 Å². The molecule has 0 radical (unpaired) electrons. The highest BCUT2D eigenvalue weighted by Crippen LogP contribution is 2.34. The highest BCUT2D eigenvalue weighted by atomic mass is 35.5. The van der Waals surface area contributed by atoms with E-state index in [1.807, 2.05) is 4.72 Å². The maximum absolute atomic E-state index is 12.0. The monoisotopic (exact) mass is 459 g/mol. The van der Waals surface area contributed by atoms with Crippen molar-refractivity contribution < 1.29 is 26.7 Å². The first-order valence-corrected chi connectivity index (χ1v) is 12.0. The zero-order valence-corrected chi connectivity index (χ0v) is 17.8. The second kappa shape index (κ2) is 7.39. The number of phenolic OH excluding ortho intramolecular Hbond substituents is 1. The van der Waals surface area contributed by atoms with E-state index in [9.17, 15) is 26.7 Å². The molecule has 0 aliphatic carbocycles. The van der Waals surface area contributed by atoms with Crippen LogP contribution in [0.25, 0.3) is 0 Å². The Morgan fingerprint density at radius 1 is 1.28 bits per heavy atom. The van der Waals surface area contributed by atoms with Crippen LogP contribution in [0.2, 0.25) is 5.02 Å². The van der Waals surface area contributed by atoms with Gasteiger partial charge >= 0.3 is 10.2 Å². The first-order chi connectivity index (χ1) is 13.4. The first kappa shape index (κ1) is 21.2. The summed E-state index contributed by atoms with van der Waals surface area (Å²) in [5.41, 5.74) is 2.14. The largest absolute Gasteiger partial charge is 0.506 e. The molecule has 12 heteroatoms. The minimum atomic E-state index is -4.04. The Kier molecular flexibility index (Phi) is 5.41. The maximum Gasteiger partial charge on any atom is 0.326 e. The van der Waals surface area contributed by atoms with Crippen molar-refractivity contribution in [2.45, 2.75) is 13.3 Å². The molecule has 2 aromatic rings. The molecule has 0 aromatic heterocycles. The molecule has 1 amide bonds. The average molecular weight is 460 g/mol. The number of hydrogen-bond acceptors (Lipinski definition) is 6. The number of halogens is 1. The predicted molar refractivity (Wildman–Crippen MR) is 110 cm³/mol. The molecule has 9 nitrogen and oxygen atoms in total. The summed E-state index contributed by atoms with van der Waals surface area (Å²) in [4.78, 5) is 11.4. The number of nitrogens with zero attached hydrogens (tertiary/aromatic N) is 1. The van der Waals surface area contributed by atoms with E-state index >= 15 is 0 Å². The molecule has 0 unspecified atom stereocenters. The highest BCUT2D eigenvalue weighted by Gasteiger charge is 2.35. The molecule has 1 fully saturated rings. The fourth-order valence-corrected chi connectivity index (χ4v) is 5.18. The molecule has 0 atom stereocenters. The Labute approximate surface area is 173 Å². The molecular weight excluding hydrogens is 442 g/mol. The van der Waals surface area contributed by atoms with Crippen LogP contribution in [0.1, 0.15) is 16.7 Å². The van der Waals surface area contributed by atoms with Crippen LogP contribution in [0.5, 0.6) is 5.75 Å². The molecule has 0 spiro atoms. The summed E-state index contributed by atoms with van der Waals surface area (Å²) in [5.74, 6) is -1.03. The molecule has 3 rings (SSSR count). The van der Waals surface area contributed by atoms with Gasteiger partial charge in [-0.05, 0) is 54.3 Å². The van der Waals surface area contributed by atoms with E-state index in [2.05, 4.69) is 4.72 Å². The van der Waals surface area contributed by atoms with E-state index in [1.54, 1.807) is 25.1 Å². The summed E-state index contributed by atoms with van der Waals surface area (Å²) in [6, 6.07) is 7.55. The average Bonchev–Trinajstić information content (AvgIpc) is 2.82. The predicted octanol–water partition coefficient (Wildman–Crippen LogP) is 1.50. The number of rotatable bonds is 5. The lowest BCUT2D eigenvalue weighted by atomic mass is 10.0. The van der Waals surface area contributed by atoms with Gasteiger partial charge in [0.2, 0.25) is 10.0 Å². The van der Waals surface area contributed by atoms with Crippen molar-refractivity contribution in [1.82, 2.24) is 4.72 Å². The summed E-state index contributed by atoms with van der Waals surface area (Å²) in [6.07, 6.45) is 1.26. The lowest BCUT2D eigenvalue weighted by Gasteiger charge is -2.18. The van der Waals surface area contributed by atoms with Crippen LogP contribution < -0.4 is 13.7 Å². The molecule has 0 bridgehead atoms. The Morgan fingerprint density at radius 2 is 1.97 bits per heavy atom. The van der Waals surface area contributed by atoms with Gasteiger partial charge < -0.3 is 5.11 Å². The van der Waals surface area contributed by atoms with Gasteiger partial charge in [-0.25, -0.2) is 17.4 Å². The fraction of sp³-hybridized carbons (Fsp3) is 0.235. The number of hydrogen-bond donors (Lipinski definition) is 3. The summed E-state index contributed by atoms with van der Waals surface area (Å²) in [5, 5.41) is 10.8. The minimum Gasteiger partial charge on any atom is -0.506 e. The van der Waals surface area contributed by atoms with E-state index in [4.69, 9.17) is 11.6 Å². The molecule has 1 aliphatic heterocycles. The van der Waals surface area contributed by atoms with Crippen molar-refractivity contribution in [3.05, 3.63) is 52.0 Å². The number of carbonyl (C=O) groups is 1. The Balaban J connectivity index is 1.96. The SMILES string of the molecule is Cc1cc(Cl)cc(Cc2ccc(N3CC(=O)NS3(=O)=O)c(O)c2)c1NS(C)(=O)=O. The van der Waals surface area contributed by atoms with Crippen LogP contribution in [0.3, 0.4) is 0 Å². The summed E-state index contributed by atoms with van der Waals surface area (Å²) >= 11 is 6.11. The topological polar surface area (TPSA) is 133 Å². The van der Waals surface area contributed by atoms with Crippen molar-refractivity contribution >= 4 is 49.1 Å². The van der Waals surface area contributed by atoms with E-state index in [0.717, 1.165) is 10.6 Å². The number of aromatic hydroxyl groups is 1. The minimum absolute atomic E-state index is 0.0381. The summed E-state index contributed by atoms with van der Waals surface area (Å²) in [7, 11) is -7.57. The van der Waals surface area contributed by atoms with Crippen LogP contribution in [0.15, 0.2) is 30.3 Å². The molecule has 3 N–H and O–H groups in total. The van der Waals surface area contributed by atoms with Gasteiger partial charge in [-0.3, -0.25) is 9.52 Å². The number of phenols is 1. The second-order valence-corrected chi connectivity index (χ2v) is 10.4. The lowest BCUT2D eigenvalue weighted by Crippen LogP contribution is -2.29. The Morgan fingerprint density at radius 3 is 2.52 bits per heavy atom. The van der Waals surface area contributed by atoms with Crippen LogP contribution >= 0.6 is 11.6 Å². The second-order valence-electron chi connectivity index (χ2n) is 6.67. The van der Waals surface area contributed by atoms with Gasteiger partial charge in [-0.1, -0.05) is 17.7 Å². The lowest BCUT2D eigenvalue weighted by molar-refractivity contribution is -0.117. The molecule has 29 heavy (non-hydrogen) atoms. The van der Waals surface area contributed by atoms with Gasteiger partial charge in [-0.2, -0.15) is 8.42 Å². The van der Waals surface area contributed by atoms with E-state index in [1.165, 1.54) is 12.1 Å². The van der Waals surface area contributed by atoms with Gasteiger partial charge in [-0.15, -0.1) is 0 Å². The van der Waals surface area contributed by atoms with Gasteiger partial charge in [0.05, 0.1) is 17.6 Å². The maximum atomic E-state index is 12.0. The zero-order chi connectivity index (χ0) is 21.6. The summed E-state index contributed by atoms with van der Waals surface area (Å²) in [6.45, 7) is 1.29. The number of anilines is 2. The number of amides is 1. The van der Waals surface area contributed by atoms with E-state index < -0.39 is 32.7 Å². The van der Waals surface area contributed by atoms with Gasteiger partial charge in [0.25, 0.3) is 5.91 Å². The molecular formula is C17H18ClN3O6S2. The molecule has 1 aliphatic rings. The third-order valence-corrected chi connectivity index (χ3v) is 6.38. The summed E-state index contributed by atoms with van der Waals surface area (Å²) < 4.78 is 52.4. The Bertz CT molecular complexity index is 1210. The number of benzene rings is 2. The quantitative estimate of drug-likeness (QED) is 0.620. The zero-order valence-electron chi connectivity index (χ0n) is 15.4. The van der Waals surface area contributed by atoms with Crippen LogP contribution in [-0.4, -0.2) is 40.6 Å². The van der Waals surface area contributed by atoms with Gasteiger partial charge in [0, 0.05) is 5.02 Å². The number of carbonyl (C=O) groups excluding carboxylic acids is 1. The fourth-order valence-electron chi connectivity index (χ4n) is 3.05. The van der Waals surface area contributed by atoms with Gasteiger partial charge in [0.15, 0.2) is 0 Å². The first-order valence-electron chi connectivity index (χ1n) is 8.28. The number of aryl methyl sites for hydroxylation is 1. The van der Waals surface area contributed by atoms with Crippen molar-refractivity contribution in [3.63, 3.8) is 0 Å². The van der Waals surface area contributed by atoms with Gasteiger partial charge in [0.1, 0.15) is 12.3 Å². The van der Waals surface area contributed by atoms with Crippen molar-refractivity contribution in [2.24, 2.45) is 0 Å². The molecule has 1 saturated heterocycles. The number of nitrogens with one attached hydrogen (secondary N) is 2. The van der Waals surface area contributed by atoms with Crippen LogP contribution in [-0.2, 0) is 31.4 Å². The Hall–Kier alpha value is -2.50. The molecule has 1 heterocycles. The molecule has 0 saturated carbocycles. The van der Waals surface area contributed by atoms with Crippen LogP contribution in [0.4, 0.5) is 11.4 Å². The third kappa shape index (κ3) is 4.74. The van der Waals surface area contributed by atoms with Crippen LogP contribution in [0, 0.1) is 6.92 Å². The van der Waals surface area contributed by atoms with E-state index in [-0.39, 0.29) is 17.9 Å². The van der Waals surface area contributed by atoms with Crippen molar-refractivity contribution in [1.29, 1.82) is 0 Å². The smallest absolute Gasteiger partial charge is 0.326 e. The van der Waals surface area contributed by atoms with Crippen molar-refractivity contribution in [3.8, 4) is 5.75 Å². The molecule has 156 valence electrons. The normalized spacial score (nSPS) is 16.0. The highest BCUT2D eigenvalue weighted by molar-refractivity contribution is 7.92.